The predicted octanol–water partition coefficient (Wildman–Crippen LogP) is 2.83. The molecule has 0 aromatic rings. The molecule has 0 nitrogen and oxygen atoms in total. The third-order valence-corrected chi connectivity index (χ3v) is 3.51. The van der Waals surface area contributed by atoms with Gasteiger partial charge in [-0.15, -0.1) is 0 Å². The Morgan fingerprint density at radius 2 is 1.89 bits per heavy atom. The van der Waals surface area contributed by atoms with E-state index in [1.165, 1.54) is 18.3 Å². The molecule has 9 heavy (non-hydrogen) atoms. The molecule has 0 aromatic carbocycles. The van der Waals surface area contributed by atoms with Crippen molar-refractivity contribution in [3.63, 3.8) is 0 Å². The zero-order valence-corrected chi connectivity index (χ0v) is 6.27. The Labute approximate surface area is 57.6 Å². The van der Waals surface area contributed by atoms with Gasteiger partial charge in [0, 0.05) is 0 Å². The van der Waals surface area contributed by atoms with Crippen LogP contribution in [0, 0.1) is 17.8 Å². The fourth-order valence-electron chi connectivity index (χ4n) is 2.72. The van der Waals surface area contributed by atoms with Gasteiger partial charge in [-0.1, -0.05) is 13.3 Å². The minimum Gasteiger partial charge on any atom is -0.0651 e. The van der Waals surface area contributed by atoms with Crippen LogP contribution in [-0.2, 0) is 0 Å². The molecule has 0 bridgehead atoms. The van der Waals surface area contributed by atoms with Crippen molar-refractivity contribution in [2.45, 2.75) is 39.0 Å². The van der Waals surface area contributed by atoms with Crippen molar-refractivity contribution in [3.05, 3.63) is 0 Å². The van der Waals surface area contributed by atoms with E-state index in [-0.39, 0.29) is 0 Å². The Hall–Kier alpha value is 0. The highest BCUT2D eigenvalue weighted by molar-refractivity contribution is 4.91. The Kier molecular flexibility index (Phi) is 1.28. The van der Waals surface area contributed by atoms with Crippen molar-refractivity contribution in [3.8, 4) is 0 Å². The highest BCUT2D eigenvalue weighted by Gasteiger charge is 2.40. The molecule has 0 heterocycles. The zero-order chi connectivity index (χ0) is 6.27. The van der Waals surface area contributed by atoms with E-state index in [1.54, 1.807) is 25.7 Å². The summed E-state index contributed by atoms with van der Waals surface area (Å²) in [4.78, 5) is 0. The van der Waals surface area contributed by atoms with E-state index in [0.29, 0.717) is 0 Å². The lowest BCUT2D eigenvalue weighted by Gasteiger charge is -2.33. The van der Waals surface area contributed by atoms with Crippen LogP contribution < -0.4 is 0 Å². The van der Waals surface area contributed by atoms with Crippen LogP contribution in [0.25, 0.3) is 0 Å². The van der Waals surface area contributed by atoms with Crippen molar-refractivity contribution >= 4 is 0 Å². The highest BCUT2D eigenvalue weighted by Crippen LogP contribution is 2.51. The second kappa shape index (κ2) is 2.00. The van der Waals surface area contributed by atoms with Crippen LogP contribution in [0.4, 0.5) is 0 Å². The fourth-order valence-corrected chi connectivity index (χ4v) is 2.72. The van der Waals surface area contributed by atoms with Gasteiger partial charge >= 0.3 is 0 Å². The van der Waals surface area contributed by atoms with E-state index in [9.17, 15) is 0 Å². The van der Waals surface area contributed by atoms with Gasteiger partial charge in [-0.05, 0) is 43.4 Å². The molecule has 0 N–H and O–H groups in total. The molecular formula is C9H16. The Bertz CT molecular complexity index is 105. The number of fused-ring (bicyclic) bond motifs is 1. The van der Waals surface area contributed by atoms with Gasteiger partial charge in [0.05, 0.1) is 0 Å². The van der Waals surface area contributed by atoms with Crippen LogP contribution in [0.5, 0.6) is 0 Å². The fraction of sp³-hybridized carbons (Fsp3) is 1.00. The summed E-state index contributed by atoms with van der Waals surface area (Å²) >= 11 is 0. The van der Waals surface area contributed by atoms with E-state index in [4.69, 9.17) is 0 Å². The smallest absolute Gasteiger partial charge is 0.0357 e. The lowest BCUT2D eigenvalue weighted by atomic mass is 9.72. The van der Waals surface area contributed by atoms with Gasteiger partial charge in [0.1, 0.15) is 0 Å². The molecule has 2 rings (SSSR count). The van der Waals surface area contributed by atoms with E-state index >= 15 is 0 Å². The largest absolute Gasteiger partial charge is 0.0651 e. The van der Waals surface area contributed by atoms with E-state index in [1.807, 2.05) is 0 Å². The topological polar surface area (TPSA) is 0 Å². The van der Waals surface area contributed by atoms with Crippen molar-refractivity contribution < 1.29 is 0 Å². The SMILES string of the molecule is CC[C@H]1CCC2CCC21. The lowest BCUT2D eigenvalue weighted by molar-refractivity contribution is 0.169. The molecular weight excluding hydrogens is 108 g/mol. The standard InChI is InChI=1S/C9H16/c1-2-7-3-4-8-5-6-9(7)8/h7-9H,2-6H2,1H3/t7-,8?,9?/m0/s1. The number of rotatable bonds is 1. The van der Waals surface area contributed by atoms with Crippen molar-refractivity contribution in [1.29, 1.82) is 0 Å². The lowest BCUT2D eigenvalue weighted by Crippen LogP contribution is -2.24. The van der Waals surface area contributed by atoms with Gasteiger partial charge in [-0.3, -0.25) is 0 Å². The molecule has 0 saturated heterocycles. The quantitative estimate of drug-likeness (QED) is 0.504. The number of hydrogen-bond acceptors (Lipinski definition) is 0. The first-order valence-corrected chi connectivity index (χ1v) is 4.42. The van der Waals surface area contributed by atoms with Crippen LogP contribution in [0.3, 0.4) is 0 Å². The average molecular weight is 124 g/mol. The third kappa shape index (κ3) is 0.720. The van der Waals surface area contributed by atoms with Gasteiger partial charge in [-0.2, -0.15) is 0 Å². The zero-order valence-electron chi connectivity index (χ0n) is 6.27. The minimum absolute atomic E-state index is 1.13. The molecule has 52 valence electrons. The monoisotopic (exact) mass is 124 g/mol. The van der Waals surface area contributed by atoms with Crippen LogP contribution in [-0.4, -0.2) is 0 Å². The summed E-state index contributed by atoms with van der Waals surface area (Å²) < 4.78 is 0. The summed E-state index contributed by atoms with van der Waals surface area (Å²) in [6.45, 7) is 2.35. The Morgan fingerprint density at radius 3 is 2.22 bits per heavy atom. The molecule has 0 amide bonds. The van der Waals surface area contributed by atoms with Crippen molar-refractivity contribution in [1.82, 2.24) is 0 Å². The first kappa shape index (κ1) is 5.76. The molecule has 0 spiro atoms. The van der Waals surface area contributed by atoms with Crippen LogP contribution in [0.2, 0.25) is 0 Å². The summed E-state index contributed by atoms with van der Waals surface area (Å²) in [7, 11) is 0. The van der Waals surface area contributed by atoms with Crippen LogP contribution in [0.1, 0.15) is 39.0 Å². The summed E-state index contributed by atoms with van der Waals surface area (Å²) in [5, 5.41) is 0. The maximum absolute atomic E-state index is 2.35. The Balaban J connectivity index is 1.97. The molecule has 0 aliphatic heterocycles. The maximum atomic E-state index is 2.35. The molecule has 2 unspecified atom stereocenters. The van der Waals surface area contributed by atoms with Crippen molar-refractivity contribution in [2.24, 2.45) is 17.8 Å². The highest BCUT2D eigenvalue weighted by atomic mass is 14.5. The Morgan fingerprint density at radius 1 is 1.11 bits per heavy atom. The molecule has 0 aromatic heterocycles. The van der Waals surface area contributed by atoms with Crippen molar-refractivity contribution in [2.75, 3.05) is 0 Å². The molecule has 0 radical (unpaired) electrons. The minimum atomic E-state index is 1.13. The number of hydrogen-bond donors (Lipinski definition) is 0. The third-order valence-electron chi connectivity index (χ3n) is 3.51. The molecule has 0 heteroatoms. The normalized spacial score (nSPS) is 48.3. The summed E-state index contributed by atoms with van der Waals surface area (Å²) in [6.07, 6.45) is 7.67. The summed E-state index contributed by atoms with van der Waals surface area (Å²) in [5.41, 5.74) is 0. The molecule has 2 aliphatic rings. The van der Waals surface area contributed by atoms with E-state index in [0.717, 1.165) is 5.92 Å². The van der Waals surface area contributed by atoms with Gasteiger partial charge < -0.3 is 0 Å². The van der Waals surface area contributed by atoms with Gasteiger partial charge in [0.25, 0.3) is 0 Å². The predicted molar refractivity (Wildman–Crippen MR) is 39.2 cm³/mol. The van der Waals surface area contributed by atoms with Gasteiger partial charge in [0.2, 0.25) is 0 Å². The van der Waals surface area contributed by atoms with Crippen LogP contribution in [0.15, 0.2) is 0 Å². The molecule has 2 fully saturated rings. The average Bonchev–Trinajstić information content (AvgIpc) is 2.07. The molecule has 3 atom stereocenters. The summed E-state index contributed by atoms with van der Waals surface area (Å²) in [5.74, 6) is 3.48. The molecule has 2 saturated carbocycles. The first-order valence-electron chi connectivity index (χ1n) is 4.42. The van der Waals surface area contributed by atoms with Crippen LogP contribution >= 0.6 is 0 Å². The summed E-state index contributed by atoms with van der Waals surface area (Å²) in [6, 6.07) is 0. The van der Waals surface area contributed by atoms with E-state index in [2.05, 4.69) is 6.92 Å². The second-order valence-electron chi connectivity index (χ2n) is 3.75. The second-order valence-corrected chi connectivity index (χ2v) is 3.75. The molecule has 2 aliphatic carbocycles. The first-order chi connectivity index (χ1) is 4.42. The van der Waals surface area contributed by atoms with Gasteiger partial charge in [-0.25, -0.2) is 0 Å². The van der Waals surface area contributed by atoms with Gasteiger partial charge in [0.15, 0.2) is 0 Å². The maximum Gasteiger partial charge on any atom is -0.0357 e. The van der Waals surface area contributed by atoms with E-state index < -0.39 is 0 Å².